The molecule has 2 heterocycles. The van der Waals surface area contributed by atoms with Gasteiger partial charge in [0.15, 0.2) is 18.2 Å². The van der Waals surface area contributed by atoms with Crippen molar-refractivity contribution in [3.8, 4) is 11.8 Å². The summed E-state index contributed by atoms with van der Waals surface area (Å²) in [5.41, 5.74) is 7.07. The second-order valence-electron chi connectivity index (χ2n) is 6.84. The van der Waals surface area contributed by atoms with Gasteiger partial charge < -0.3 is 25.2 Å². The zero-order valence-electron chi connectivity index (χ0n) is 16.3. The van der Waals surface area contributed by atoms with E-state index in [4.69, 9.17) is 21.1 Å². The number of nitrogen functional groups attached to an aromatic ring is 1. The Balaban J connectivity index is 1.89. The smallest absolute Gasteiger partial charge is 0.422 e. The Bertz CT molecular complexity index is 865. The van der Waals surface area contributed by atoms with Gasteiger partial charge in [-0.3, -0.25) is 5.01 Å². The van der Waals surface area contributed by atoms with Gasteiger partial charge in [-0.05, 0) is 24.1 Å². The maximum Gasteiger partial charge on any atom is 0.422 e. The number of anilines is 3. The minimum Gasteiger partial charge on any atom is -0.497 e. The van der Waals surface area contributed by atoms with Crippen molar-refractivity contribution in [2.75, 3.05) is 42.4 Å². The van der Waals surface area contributed by atoms with Crippen molar-refractivity contribution in [2.45, 2.75) is 25.2 Å². The van der Waals surface area contributed by atoms with E-state index in [0.717, 1.165) is 5.56 Å². The van der Waals surface area contributed by atoms with Gasteiger partial charge in [0.2, 0.25) is 0 Å². The summed E-state index contributed by atoms with van der Waals surface area (Å²) in [6.07, 6.45) is -4.66. The van der Waals surface area contributed by atoms with Crippen molar-refractivity contribution in [2.24, 2.45) is 5.84 Å². The van der Waals surface area contributed by atoms with E-state index in [0.29, 0.717) is 18.7 Å². The van der Waals surface area contributed by atoms with Gasteiger partial charge in [-0.1, -0.05) is 12.1 Å². The Labute approximate surface area is 171 Å². The van der Waals surface area contributed by atoms with Gasteiger partial charge in [0, 0.05) is 13.1 Å². The van der Waals surface area contributed by atoms with Crippen molar-refractivity contribution < 1.29 is 27.8 Å². The number of halogens is 3. The molecule has 1 saturated heterocycles. The number of nitrogens with two attached hydrogens (primary N) is 2. The van der Waals surface area contributed by atoms with Crippen LogP contribution >= 0.6 is 0 Å². The standard InChI is InChI=1S/C18H23F3N6O3/c1-29-13-4-2-11(3-5-13)8-27(23)16-14(22)15(26-7-6-12(28)9-26)24-17(25-16)30-10-18(19,20)21/h2-5,12,28H,6-10,22-23H2,1H3/t12-/m0/s1. The van der Waals surface area contributed by atoms with Gasteiger partial charge in [-0.25, -0.2) is 5.84 Å². The molecule has 0 aliphatic carbocycles. The summed E-state index contributed by atoms with van der Waals surface area (Å²) in [4.78, 5) is 9.67. The van der Waals surface area contributed by atoms with Crippen molar-refractivity contribution in [3.05, 3.63) is 29.8 Å². The molecule has 12 heteroatoms. The molecule has 0 unspecified atom stereocenters. The molecule has 0 spiro atoms. The number of nitrogens with zero attached hydrogens (tertiary/aromatic N) is 4. The first kappa shape index (κ1) is 21.7. The predicted octanol–water partition coefficient (Wildman–Crippen LogP) is 1.46. The van der Waals surface area contributed by atoms with Crippen LogP contribution in [0.4, 0.5) is 30.5 Å². The summed E-state index contributed by atoms with van der Waals surface area (Å²) in [6, 6.07) is 6.57. The van der Waals surface area contributed by atoms with Gasteiger partial charge in [0.1, 0.15) is 11.4 Å². The van der Waals surface area contributed by atoms with Crippen molar-refractivity contribution >= 4 is 17.3 Å². The molecule has 9 nitrogen and oxygen atoms in total. The summed E-state index contributed by atoms with van der Waals surface area (Å²) in [5.74, 6) is 6.99. The van der Waals surface area contributed by atoms with Gasteiger partial charge in [0.25, 0.3) is 0 Å². The van der Waals surface area contributed by atoms with Crippen LogP contribution in [0.15, 0.2) is 24.3 Å². The largest absolute Gasteiger partial charge is 0.497 e. The molecular formula is C18H23F3N6O3. The third-order valence-electron chi connectivity index (χ3n) is 4.50. The third-order valence-corrected chi connectivity index (χ3v) is 4.50. The van der Waals surface area contributed by atoms with Crippen molar-refractivity contribution in [1.82, 2.24) is 9.97 Å². The first-order chi connectivity index (χ1) is 14.2. The maximum absolute atomic E-state index is 12.6. The summed E-state index contributed by atoms with van der Waals surface area (Å²) in [6.45, 7) is -0.709. The van der Waals surface area contributed by atoms with E-state index < -0.39 is 24.9 Å². The lowest BCUT2D eigenvalue weighted by molar-refractivity contribution is -0.154. The molecule has 0 radical (unpaired) electrons. The highest BCUT2D eigenvalue weighted by atomic mass is 19.4. The van der Waals surface area contributed by atoms with E-state index in [2.05, 4.69) is 9.97 Å². The number of aliphatic hydroxyl groups is 1. The summed E-state index contributed by atoms with van der Waals surface area (Å²) >= 11 is 0. The first-order valence-corrected chi connectivity index (χ1v) is 9.11. The van der Waals surface area contributed by atoms with Crippen LogP contribution in [-0.2, 0) is 6.54 Å². The zero-order valence-corrected chi connectivity index (χ0v) is 16.3. The van der Waals surface area contributed by atoms with Gasteiger partial charge in [-0.2, -0.15) is 23.1 Å². The number of hydrazine groups is 1. The second kappa shape index (κ2) is 8.79. The molecule has 1 fully saturated rings. The predicted molar refractivity (Wildman–Crippen MR) is 104 cm³/mol. The second-order valence-corrected chi connectivity index (χ2v) is 6.84. The van der Waals surface area contributed by atoms with E-state index in [9.17, 15) is 18.3 Å². The van der Waals surface area contributed by atoms with Gasteiger partial charge in [0.05, 0.1) is 19.8 Å². The maximum atomic E-state index is 12.6. The number of methoxy groups -OCH3 is 1. The molecule has 164 valence electrons. The lowest BCUT2D eigenvalue weighted by atomic mass is 10.2. The molecule has 0 bridgehead atoms. The zero-order chi connectivity index (χ0) is 21.9. The fourth-order valence-corrected chi connectivity index (χ4v) is 3.03. The molecule has 30 heavy (non-hydrogen) atoms. The summed E-state index contributed by atoms with van der Waals surface area (Å²) in [5, 5.41) is 11.0. The molecule has 2 aromatic rings. The normalized spacial score (nSPS) is 16.6. The van der Waals surface area contributed by atoms with Crippen LogP contribution in [0.5, 0.6) is 11.8 Å². The molecule has 1 aromatic carbocycles. The SMILES string of the molecule is COc1ccc(CN(N)c2nc(OCC(F)(F)F)nc(N3CC[C@H](O)C3)c2N)cc1. The highest BCUT2D eigenvalue weighted by Crippen LogP contribution is 2.34. The Kier molecular flexibility index (Phi) is 6.37. The van der Waals surface area contributed by atoms with Crippen LogP contribution in [0.3, 0.4) is 0 Å². The Hall–Kier alpha value is -2.99. The van der Waals surface area contributed by atoms with E-state index in [1.54, 1.807) is 36.3 Å². The number of aromatic nitrogens is 2. The molecule has 1 aromatic heterocycles. The number of alkyl halides is 3. The molecule has 3 rings (SSSR count). The van der Waals surface area contributed by atoms with Crippen molar-refractivity contribution in [3.63, 3.8) is 0 Å². The van der Waals surface area contributed by atoms with E-state index >= 15 is 0 Å². The number of ether oxygens (including phenoxy) is 2. The Morgan fingerprint density at radius 3 is 2.53 bits per heavy atom. The first-order valence-electron chi connectivity index (χ1n) is 9.11. The molecular weight excluding hydrogens is 405 g/mol. The Morgan fingerprint density at radius 2 is 1.97 bits per heavy atom. The number of rotatable bonds is 7. The molecule has 5 N–H and O–H groups in total. The van der Waals surface area contributed by atoms with Crippen LogP contribution in [0.2, 0.25) is 0 Å². The lowest BCUT2D eigenvalue weighted by Crippen LogP contribution is -2.33. The fourth-order valence-electron chi connectivity index (χ4n) is 3.03. The highest BCUT2D eigenvalue weighted by Gasteiger charge is 2.31. The highest BCUT2D eigenvalue weighted by molar-refractivity contribution is 5.76. The number of hydrogen-bond acceptors (Lipinski definition) is 9. The van der Waals surface area contributed by atoms with Crippen molar-refractivity contribution in [1.29, 1.82) is 0 Å². The molecule has 1 atom stereocenters. The minimum atomic E-state index is -4.56. The van der Waals surface area contributed by atoms with Crippen LogP contribution in [-0.4, -0.2) is 54.2 Å². The number of β-amino-alcohol motifs (C(OH)–C–C–N with tert-alkyl or cyclic N) is 1. The topological polar surface area (TPSA) is 123 Å². The van der Waals surface area contributed by atoms with Crippen LogP contribution in [0.25, 0.3) is 0 Å². The van der Waals surface area contributed by atoms with Crippen LogP contribution in [0, 0.1) is 0 Å². The monoisotopic (exact) mass is 428 g/mol. The van der Waals surface area contributed by atoms with Crippen LogP contribution in [0.1, 0.15) is 12.0 Å². The fraction of sp³-hybridized carbons (Fsp3) is 0.444. The van der Waals surface area contributed by atoms with Gasteiger partial charge in [-0.15, -0.1) is 0 Å². The average Bonchev–Trinajstić information content (AvgIpc) is 3.13. The van der Waals surface area contributed by atoms with Gasteiger partial charge >= 0.3 is 12.2 Å². The molecule has 1 aliphatic rings. The van der Waals surface area contributed by atoms with E-state index in [1.807, 2.05) is 0 Å². The summed E-state index contributed by atoms with van der Waals surface area (Å²) in [7, 11) is 1.55. The average molecular weight is 428 g/mol. The Morgan fingerprint density at radius 1 is 1.27 bits per heavy atom. The molecule has 0 amide bonds. The minimum absolute atomic E-state index is 0.0226. The molecule has 0 saturated carbocycles. The lowest BCUT2D eigenvalue weighted by Gasteiger charge is -2.25. The quantitative estimate of drug-likeness (QED) is 0.444. The molecule has 1 aliphatic heterocycles. The number of benzene rings is 1. The van der Waals surface area contributed by atoms with E-state index in [-0.39, 0.29) is 30.4 Å². The number of aliphatic hydroxyl groups excluding tert-OH is 1. The van der Waals surface area contributed by atoms with Crippen LogP contribution < -0.4 is 31.0 Å². The number of hydrogen-bond donors (Lipinski definition) is 3. The third kappa shape index (κ3) is 5.33. The van der Waals surface area contributed by atoms with E-state index in [1.165, 1.54) is 5.01 Å². The summed E-state index contributed by atoms with van der Waals surface area (Å²) < 4.78 is 47.6.